The molecule has 0 atom stereocenters. The third-order valence-electron chi connectivity index (χ3n) is 3.36. The first kappa shape index (κ1) is 15.4. The van der Waals surface area contributed by atoms with Gasteiger partial charge in [0.05, 0.1) is 0 Å². The predicted molar refractivity (Wildman–Crippen MR) is 89.5 cm³/mol. The van der Waals surface area contributed by atoms with Gasteiger partial charge in [0.15, 0.2) is 0 Å². The Kier molecular flexibility index (Phi) is 5.28. The molecule has 21 heavy (non-hydrogen) atoms. The van der Waals surface area contributed by atoms with Crippen LogP contribution in [0.15, 0.2) is 53.4 Å². The standard InChI is InChI=1S/C17H20N2OS/c1-3-19(12-13-4-8-15(18)9-5-13)17(20)14-6-10-16(21-2)11-7-14/h4-11H,3,12,18H2,1-2H3. The fourth-order valence-corrected chi connectivity index (χ4v) is 2.50. The Bertz CT molecular complexity index is 593. The summed E-state index contributed by atoms with van der Waals surface area (Å²) in [5.74, 6) is 0.0574. The first-order chi connectivity index (χ1) is 10.1. The van der Waals surface area contributed by atoms with Crippen LogP contribution in [-0.2, 0) is 6.54 Å². The van der Waals surface area contributed by atoms with Crippen LogP contribution in [0.4, 0.5) is 5.69 Å². The molecule has 3 nitrogen and oxygen atoms in total. The second-order valence-electron chi connectivity index (χ2n) is 4.79. The number of carbonyl (C=O) groups is 1. The predicted octanol–water partition coefficient (Wildman–Crippen LogP) is 3.65. The molecule has 110 valence electrons. The summed E-state index contributed by atoms with van der Waals surface area (Å²) in [6.07, 6.45) is 2.02. The first-order valence-corrected chi connectivity index (χ1v) is 8.14. The van der Waals surface area contributed by atoms with Crippen LogP contribution in [-0.4, -0.2) is 23.6 Å². The largest absolute Gasteiger partial charge is 0.399 e. The lowest BCUT2D eigenvalue weighted by Gasteiger charge is -2.21. The number of anilines is 1. The number of hydrogen-bond acceptors (Lipinski definition) is 3. The van der Waals surface area contributed by atoms with E-state index in [1.165, 1.54) is 0 Å². The van der Waals surface area contributed by atoms with E-state index in [0.29, 0.717) is 13.1 Å². The molecule has 0 aliphatic rings. The van der Waals surface area contributed by atoms with Crippen molar-refractivity contribution in [3.8, 4) is 0 Å². The third kappa shape index (κ3) is 4.02. The van der Waals surface area contributed by atoms with Crippen LogP contribution in [0.3, 0.4) is 0 Å². The van der Waals surface area contributed by atoms with Gasteiger partial charge in [-0.05, 0) is 55.1 Å². The summed E-state index contributed by atoms with van der Waals surface area (Å²) < 4.78 is 0. The van der Waals surface area contributed by atoms with Crippen LogP contribution in [0, 0.1) is 0 Å². The zero-order valence-electron chi connectivity index (χ0n) is 12.4. The Morgan fingerprint density at radius 2 is 1.71 bits per heavy atom. The average molecular weight is 300 g/mol. The van der Waals surface area contributed by atoms with Crippen molar-refractivity contribution in [2.45, 2.75) is 18.4 Å². The van der Waals surface area contributed by atoms with E-state index in [1.54, 1.807) is 11.8 Å². The van der Waals surface area contributed by atoms with Crippen LogP contribution >= 0.6 is 11.8 Å². The molecule has 0 saturated carbocycles. The molecule has 0 spiro atoms. The number of hydrogen-bond donors (Lipinski definition) is 1. The number of nitrogen functional groups attached to an aromatic ring is 1. The quantitative estimate of drug-likeness (QED) is 0.677. The molecule has 0 aliphatic carbocycles. The molecule has 2 aromatic rings. The maximum Gasteiger partial charge on any atom is 0.254 e. The number of amides is 1. The summed E-state index contributed by atoms with van der Waals surface area (Å²) >= 11 is 1.67. The van der Waals surface area contributed by atoms with E-state index in [4.69, 9.17) is 5.73 Å². The third-order valence-corrected chi connectivity index (χ3v) is 4.10. The fraction of sp³-hybridized carbons (Fsp3) is 0.235. The van der Waals surface area contributed by atoms with Crippen molar-refractivity contribution in [3.05, 3.63) is 59.7 Å². The highest BCUT2D eigenvalue weighted by Gasteiger charge is 2.14. The Balaban J connectivity index is 2.12. The van der Waals surface area contributed by atoms with Gasteiger partial charge < -0.3 is 10.6 Å². The lowest BCUT2D eigenvalue weighted by molar-refractivity contribution is 0.0752. The van der Waals surface area contributed by atoms with Crippen molar-refractivity contribution >= 4 is 23.4 Å². The summed E-state index contributed by atoms with van der Waals surface area (Å²) in [6, 6.07) is 15.4. The molecule has 0 saturated heterocycles. The van der Waals surface area contributed by atoms with Gasteiger partial charge in [-0.1, -0.05) is 12.1 Å². The lowest BCUT2D eigenvalue weighted by Crippen LogP contribution is -2.30. The average Bonchev–Trinajstić information content (AvgIpc) is 2.54. The van der Waals surface area contributed by atoms with E-state index in [9.17, 15) is 4.79 Å². The molecule has 0 bridgehead atoms. The Hall–Kier alpha value is -1.94. The molecule has 2 N–H and O–H groups in total. The number of nitrogens with two attached hydrogens (primary N) is 1. The Labute approximate surface area is 130 Å². The topological polar surface area (TPSA) is 46.3 Å². The second kappa shape index (κ2) is 7.18. The minimum atomic E-state index is 0.0574. The van der Waals surface area contributed by atoms with Gasteiger partial charge in [-0.2, -0.15) is 0 Å². The summed E-state index contributed by atoms with van der Waals surface area (Å²) in [6.45, 7) is 3.26. The molecule has 2 aromatic carbocycles. The van der Waals surface area contributed by atoms with E-state index < -0.39 is 0 Å². The molecule has 0 fully saturated rings. The van der Waals surface area contributed by atoms with Crippen molar-refractivity contribution in [1.82, 2.24) is 4.90 Å². The molecule has 4 heteroatoms. The summed E-state index contributed by atoms with van der Waals surface area (Å²) in [5.41, 5.74) is 8.23. The smallest absolute Gasteiger partial charge is 0.254 e. The van der Waals surface area contributed by atoms with Crippen molar-refractivity contribution in [2.24, 2.45) is 0 Å². The molecule has 2 rings (SSSR count). The summed E-state index contributed by atoms with van der Waals surface area (Å²) in [5, 5.41) is 0. The van der Waals surface area contributed by atoms with Gasteiger partial charge in [-0.25, -0.2) is 0 Å². The number of rotatable bonds is 5. The second-order valence-corrected chi connectivity index (χ2v) is 5.67. The number of carbonyl (C=O) groups excluding carboxylic acids is 1. The van der Waals surface area contributed by atoms with E-state index in [2.05, 4.69) is 0 Å². The van der Waals surface area contributed by atoms with Crippen LogP contribution in [0.2, 0.25) is 0 Å². The minimum Gasteiger partial charge on any atom is -0.399 e. The SMILES string of the molecule is CCN(Cc1ccc(N)cc1)C(=O)c1ccc(SC)cc1. The maximum atomic E-state index is 12.5. The highest BCUT2D eigenvalue weighted by molar-refractivity contribution is 7.98. The number of thioether (sulfide) groups is 1. The number of benzene rings is 2. The molecule has 0 radical (unpaired) electrons. The van der Waals surface area contributed by atoms with Gasteiger partial charge in [0.1, 0.15) is 0 Å². The van der Waals surface area contributed by atoms with Crippen molar-refractivity contribution in [3.63, 3.8) is 0 Å². The molecular weight excluding hydrogens is 280 g/mol. The first-order valence-electron chi connectivity index (χ1n) is 6.91. The molecule has 0 heterocycles. The number of nitrogens with zero attached hydrogens (tertiary/aromatic N) is 1. The van der Waals surface area contributed by atoms with Gasteiger partial charge in [0.2, 0.25) is 0 Å². The van der Waals surface area contributed by atoms with Crippen molar-refractivity contribution in [1.29, 1.82) is 0 Å². The van der Waals surface area contributed by atoms with Gasteiger partial charge in [0.25, 0.3) is 5.91 Å². The van der Waals surface area contributed by atoms with Crippen molar-refractivity contribution < 1.29 is 4.79 Å². The van der Waals surface area contributed by atoms with Crippen LogP contribution in [0.25, 0.3) is 0 Å². The highest BCUT2D eigenvalue weighted by atomic mass is 32.2. The van der Waals surface area contributed by atoms with Crippen LogP contribution < -0.4 is 5.73 Å². The van der Waals surface area contributed by atoms with Gasteiger partial charge >= 0.3 is 0 Å². The Morgan fingerprint density at radius 1 is 1.10 bits per heavy atom. The summed E-state index contributed by atoms with van der Waals surface area (Å²) in [4.78, 5) is 15.5. The van der Waals surface area contributed by atoms with Gasteiger partial charge in [-0.15, -0.1) is 11.8 Å². The normalized spacial score (nSPS) is 10.4. The molecule has 0 aromatic heterocycles. The molecule has 1 amide bonds. The van der Waals surface area contributed by atoms with Crippen molar-refractivity contribution in [2.75, 3.05) is 18.5 Å². The summed E-state index contributed by atoms with van der Waals surface area (Å²) in [7, 11) is 0. The zero-order valence-corrected chi connectivity index (χ0v) is 13.2. The van der Waals surface area contributed by atoms with E-state index >= 15 is 0 Å². The van der Waals surface area contributed by atoms with E-state index in [0.717, 1.165) is 21.7 Å². The van der Waals surface area contributed by atoms with Gasteiger partial charge in [-0.3, -0.25) is 4.79 Å². The van der Waals surface area contributed by atoms with E-state index in [1.807, 2.05) is 66.6 Å². The molecule has 0 aliphatic heterocycles. The zero-order chi connectivity index (χ0) is 15.2. The highest BCUT2D eigenvalue weighted by Crippen LogP contribution is 2.17. The van der Waals surface area contributed by atoms with Gasteiger partial charge in [0, 0.05) is 29.2 Å². The van der Waals surface area contributed by atoms with E-state index in [-0.39, 0.29) is 5.91 Å². The lowest BCUT2D eigenvalue weighted by atomic mass is 10.1. The minimum absolute atomic E-state index is 0.0574. The molecular formula is C17H20N2OS. The van der Waals surface area contributed by atoms with Crippen LogP contribution in [0.5, 0.6) is 0 Å². The maximum absolute atomic E-state index is 12.5. The Morgan fingerprint density at radius 3 is 2.24 bits per heavy atom. The fourth-order valence-electron chi connectivity index (χ4n) is 2.09. The molecule has 0 unspecified atom stereocenters. The monoisotopic (exact) mass is 300 g/mol. The van der Waals surface area contributed by atoms with Crippen LogP contribution in [0.1, 0.15) is 22.8 Å².